The van der Waals surface area contributed by atoms with Gasteiger partial charge in [-0.1, -0.05) is 6.42 Å². The molecule has 1 amide bonds. The zero-order valence-corrected chi connectivity index (χ0v) is 11.1. The Labute approximate surface area is 102 Å². The smallest absolute Gasteiger partial charge is 0.238 e. The molecule has 16 heavy (non-hydrogen) atoms. The minimum Gasteiger partial charge on any atom is -0.355 e. The lowest BCUT2D eigenvalue weighted by atomic mass is 10.1. The van der Waals surface area contributed by atoms with Crippen LogP contribution in [0.3, 0.4) is 0 Å². The molecule has 0 aliphatic heterocycles. The van der Waals surface area contributed by atoms with Gasteiger partial charge in [-0.15, -0.1) is 11.6 Å². The summed E-state index contributed by atoms with van der Waals surface area (Å²) in [6.07, 6.45) is 4.12. The van der Waals surface area contributed by atoms with Crippen molar-refractivity contribution >= 4 is 27.3 Å². The molecule has 94 valence electrons. The average Bonchev–Trinajstić information content (AvgIpc) is 2.58. The molecule has 3 unspecified atom stereocenters. The van der Waals surface area contributed by atoms with Crippen LogP contribution in [0.4, 0.5) is 0 Å². The second-order valence-corrected chi connectivity index (χ2v) is 7.35. The van der Waals surface area contributed by atoms with Crippen LogP contribution in [-0.4, -0.2) is 37.8 Å². The van der Waals surface area contributed by atoms with Crippen LogP contribution in [0.2, 0.25) is 0 Å². The van der Waals surface area contributed by atoms with Gasteiger partial charge in [0.05, 0.1) is 0 Å². The second kappa shape index (κ2) is 5.36. The zero-order valence-electron chi connectivity index (χ0n) is 9.57. The minimum atomic E-state index is -3.31. The van der Waals surface area contributed by atoms with E-state index < -0.39 is 21.0 Å². The topological polar surface area (TPSA) is 63.2 Å². The van der Waals surface area contributed by atoms with E-state index in [1.165, 1.54) is 6.92 Å². The highest BCUT2D eigenvalue weighted by Gasteiger charge is 2.28. The van der Waals surface area contributed by atoms with Crippen molar-refractivity contribution in [1.29, 1.82) is 0 Å². The summed E-state index contributed by atoms with van der Waals surface area (Å²) in [7, 11) is -3.31. The molecule has 0 heterocycles. The third-order valence-electron chi connectivity index (χ3n) is 3.12. The monoisotopic (exact) mass is 267 g/mol. The van der Waals surface area contributed by atoms with Gasteiger partial charge in [-0.3, -0.25) is 4.79 Å². The van der Waals surface area contributed by atoms with Crippen molar-refractivity contribution in [2.45, 2.75) is 36.8 Å². The van der Waals surface area contributed by atoms with Crippen LogP contribution in [0, 0.1) is 5.92 Å². The highest BCUT2D eigenvalue weighted by atomic mass is 35.5. The molecule has 3 atom stereocenters. The zero-order chi connectivity index (χ0) is 12.3. The molecular weight excluding hydrogens is 250 g/mol. The quantitative estimate of drug-likeness (QED) is 0.771. The first-order chi connectivity index (χ1) is 7.32. The number of nitrogens with one attached hydrogen (secondary N) is 1. The fourth-order valence-electron chi connectivity index (χ4n) is 1.79. The first kappa shape index (κ1) is 13.8. The van der Waals surface area contributed by atoms with E-state index in [0.29, 0.717) is 6.54 Å². The van der Waals surface area contributed by atoms with Crippen LogP contribution in [0.1, 0.15) is 26.2 Å². The minimum absolute atomic E-state index is 0.105. The fraction of sp³-hybridized carbons (Fsp3) is 0.900. The van der Waals surface area contributed by atoms with Crippen LogP contribution >= 0.6 is 11.6 Å². The van der Waals surface area contributed by atoms with Gasteiger partial charge in [-0.2, -0.15) is 0 Å². The van der Waals surface area contributed by atoms with Gasteiger partial charge in [0, 0.05) is 18.2 Å². The molecule has 1 N–H and O–H groups in total. The molecule has 0 aromatic rings. The van der Waals surface area contributed by atoms with Gasteiger partial charge in [-0.25, -0.2) is 8.42 Å². The van der Waals surface area contributed by atoms with Crippen LogP contribution in [0.25, 0.3) is 0 Å². The van der Waals surface area contributed by atoms with Gasteiger partial charge in [0.25, 0.3) is 0 Å². The van der Waals surface area contributed by atoms with Crippen LogP contribution < -0.4 is 5.32 Å². The number of rotatable bonds is 4. The Bertz CT molecular complexity index is 355. The van der Waals surface area contributed by atoms with E-state index in [2.05, 4.69) is 5.32 Å². The Hall–Kier alpha value is -0.290. The third-order valence-corrected chi connectivity index (χ3v) is 5.19. The summed E-state index contributed by atoms with van der Waals surface area (Å²) < 4.78 is 22.3. The molecule has 0 spiro atoms. The summed E-state index contributed by atoms with van der Waals surface area (Å²) >= 11 is 6.06. The van der Waals surface area contributed by atoms with Gasteiger partial charge >= 0.3 is 0 Å². The first-order valence-corrected chi connectivity index (χ1v) is 7.82. The van der Waals surface area contributed by atoms with Crippen molar-refractivity contribution in [3.05, 3.63) is 0 Å². The normalized spacial score (nSPS) is 27.7. The van der Waals surface area contributed by atoms with Gasteiger partial charge in [0.15, 0.2) is 9.84 Å². The molecule has 0 saturated heterocycles. The maximum Gasteiger partial charge on any atom is 0.238 e. The molecule has 0 bridgehead atoms. The Morgan fingerprint density at radius 3 is 2.56 bits per heavy atom. The molecule has 0 aromatic heterocycles. The summed E-state index contributed by atoms with van der Waals surface area (Å²) in [6, 6.07) is 0. The van der Waals surface area contributed by atoms with E-state index in [1.54, 1.807) is 0 Å². The number of hydrogen-bond donors (Lipinski definition) is 1. The maximum absolute atomic E-state index is 11.5. The number of carbonyl (C=O) groups excluding carboxylic acids is 1. The molecule has 1 aliphatic carbocycles. The van der Waals surface area contributed by atoms with Crippen molar-refractivity contribution in [3.63, 3.8) is 0 Å². The van der Waals surface area contributed by atoms with Crippen molar-refractivity contribution < 1.29 is 13.2 Å². The van der Waals surface area contributed by atoms with Gasteiger partial charge in [0.2, 0.25) is 5.91 Å². The number of sulfone groups is 1. The lowest BCUT2D eigenvalue weighted by Crippen LogP contribution is -2.40. The van der Waals surface area contributed by atoms with Crippen molar-refractivity contribution in [2.75, 3.05) is 12.8 Å². The number of halogens is 1. The molecule has 1 rings (SSSR count). The predicted octanol–water partition coefficient (Wildman–Crippen LogP) is 0.943. The molecule has 1 fully saturated rings. The van der Waals surface area contributed by atoms with Crippen LogP contribution in [-0.2, 0) is 14.6 Å². The largest absolute Gasteiger partial charge is 0.355 e. The number of carbonyl (C=O) groups is 1. The Kier molecular flexibility index (Phi) is 4.62. The Morgan fingerprint density at radius 1 is 1.50 bits per heavy atom. The van der Waals surface area contributed by atoms with E-state index in [0.717, 1.165) is 25.5 Å². The number of amides is 1. The van der Waals surface area contributed by atoms with E-state index >= 15 is 0 Å². The van der Waals surface area contributed by atoms with Crippen molar-refractivity contribution in [1.82, 2.24) is 5.32 Å². The summed E-state index contributed by atoms with van der Waals surface area (Å²) in [4.78, 5) is 11.5. The van der Waals surface area contributed by atoms with E-state index in [9.17, 15) is 13.2 Å². The van der Waals surface area contributed by atoms with Gasteiger partial charge in [-0.05, 0) is 25.7 Å². The maximum atomic E-state index is 11.5. The highest BCUT2D eigenvalue weighted by Crippen LogP contribution is 2.29. The van der Waals surface area contributed by atoms with Crippen LogP contribution in [0.5, 0.6) is 0 Å². The Balaban J connectivity index is 2.41. The standard InChI is InChI=1S/C10H18ClNO3S/c1-7(16(2,14)15)10(13)12-6-8-4-3-5-9(8)11/h7-9H,3-6H2,1-2H3,(H,12,13). The molecular formula is C10H18ClNO3S. The van der Waals surface area contributed by atoms with Crippen molar-refractivity contribution in [2.24, 2.45) is 5.92 Å². The van der Waals surface area contributed by atoms with Crippen LogP contribution in [0.15, 0.2) is 0 Å². The van der Waals surface area contributed by atoms with E-state index in [1.807, 2.05) is 0 Å². The molecule has 1 saturated carbocycles. The summed E-state index contributed by atoms with van der Waals surface area (Å²) in [5.41, 5.74) is 0. The average molecular weight is 268 g/mol. The van der Waals surface area contributed by atoms with Crippen molar-refractivity contribution in [3.8, 4) is 0 Å². The molecule has 0 aromatic carbocycles. The van der Waals surface area contributed by atoms with Gasteiger partial charge in [0.1, 0.15) is 5.25 Å². The summed E-state index contributed by atoms with van der Waals surface area (Å²) in [6.45, 7) is 1.88. The summed E-state index contributed by atoms with van der Waals surface area (Å²) in [5.74, 6) is -0.157. The lowest BCUT2D eigenvalue weighted by Gasteiger charge is -2.16. The van der Waals surface area contributed by atoms with E-state index in [4.69, 9.17) is 11.6 Å². The SMILES string of the molecule is CC(C(=O)NCC1CCCC1Cl)S(C)(=O)=O. The number of hydrogen-bond acceptors (Lipinski definition) is 3. The summed E-state index contributed by atoms with van der Waals surface area (Å²) in [5, 5.41) is 1.78. The number of alkyl halides is 1. The highest BCUT2D eigenvalue weighted by molar-refractivity contribution is 7.92. The van der Waals surface area contributed by atoms with Gasteiger partial charge < -0.3 is 5.32 Å². The first-order valence-electron chi connectivity index (χ1n) is 5.43. The second-order valence-electron chi connectivity index (χ2n) is 4.42. The molecule has 4 nitrogen and oxygen atoms in total. The fourth-order valence-corrected chi connectivity index (χ4v) is 2.63. The van der Waals surface area contributed by atoms with E-state index in [-0.39, 0.29) is 11.3 Å². The molecule has 6 heteroatoms. The molecule has 0 radical (unpaired) electrons. The lowest BCUT2D eigenvalue weighted by molar-refractivity contribution is -0.120. The third kappa shape index (κ3) is 3.63. The molecule has 1 aliphatic rings. The Morgan fingerprint density at radius 2 is 2.12 bits per heavy atom. The predicted molar refractivity (Wildman–Crippen MR) is 64.3 cm³/mol.